The van der Waals surface area contributed by atoms with E-state index in [1.807, 2.05) is 17.9 Å². The van der Waals surface area contributed by atoms with Gasteiger partial charge in [-0.15, -0.1) is 0 Å². The maximum absolute atomic E-state index is 11.2. The summed E-state index contributed by atoms with van der Waals surface area (Å²) in [7, 11) is 0. The van der Waals surface area contributed by atoms with Crippen LogP contribution in [0.1, 0.15) is 19.4 Å². The molecule has 0 aliphatic carbocycles. The van der Waals surface area contributed by atoms with E-state index >= 15 is 0 Å². The largest absolute Gasteiger partial charge is 0.384 e. The number of nitrogens with zero attached hydrogens (tertiary/aromatic N) is 2. The van der Waals surface area contributed by atoms with Crippen molar-refractivity contribution in [3.8, 4) is 0 Å². The first-order valence-electron chi connectivity index (χ1n) is 7.69. The van der Waals surface area contributed by atoms with E-state index in [1.54, 1.807) is 13.1 Å². The fourth-order valence-electron chi connectivity index (χ4n) is 2.95. The van der Waals surface area contributed by atoms with Gasteiger partial charge in [-0.3, -0.25) is 4.79 Å². The second-order valence-corrected chi connectivity index (χ2v) is 6.55. The Labute approximate surface area is 141 Å². The summed E-state index contributed by atoms with van der Waals surface area (Å²) in [6.07, 6.45) is 1.80. The number of hydrogen-bond donors (Lipinski definition) is 1. The molecule has 2 aromatic rings. The van der Waals surface area contributed by atoms with E-state index in [-0.39, 0.29) is 5.91 Å². The lowest BCUT2D eigenvalue weighted by atomic mass is 9.98. The highest BCUT2D eigenvalue weighted by Crippen LogP contribution is 2.31. The second-order valence-electron chi connectivity index (χ2n) is 6.16. The smallest absolute Gasteiger partial charge is 0.219 e. The number of allylic oxidation sites excluding steroid dienone is 1. The molecule has 23 heavy (non-hydrogen) atoms. The van der Waals surface area contributed by atoms with Crippen LogP contribution >= 0.6 is 11.6 Å². The van der Waals surface area contributed by atoms with E-state index in [0.717, 1.165) is 47.2 Å². The highest BCUT2D eigenvalue weighted by molar-refractivity contribution is 6.30. The Hall–Kier alpha value is -2.07. The maximum Gasteiger partial charge on any atom is 0.219 e. The predicted molar refractivity (Wildman–Crippen MR) is 95.7 cm³/mol. The molecular weight excluding hydrogens is 310 g/mol. The number of pyridine rings is 1. The average molecular weight is 330 g/mol. The molecule has 0 radical (unpaired) electrons. The van der Waals surface area contributed by atoms with Gasteiger partial charge < -0.3 is 10.2 Å². The molecular formula is C18H20ClN3O. The summed E-state index contributed by atoms with van der Waals surface area (Å²) in [4.78, 5) is 17.3. The molecule has 1 fully saturated rings. The molecule has 0 unspecified atom stereocenters. The molecule has 0 spiro atoms. The van der Waals surface area contributed by atoms with Crippen molar-refractivity contribution in [3.05, 3.63) is 41.7 Å². The van der Waals surface area contributed by atoms with Gasteiger partial charge in [0.15, 0.2) is 0 Å². The average Bonchev–Trinajstić information content (AvgIpc) is 2.44. The standard InChI is InChI=1S/C18H20ClN3O/c1-11(2)14-4-5-17(16-8-21-18(19)6-15(14)16)20-7-13-9-22(10-13)12(3)23/h4-6,8,13,20H,1,7,9-10H2,2-3H3. The van der Waals surface area contributed by atoms with Crippen LogP contribution in [0.5, 0.6) is 0 Å². The van der Waals surface area contributed by atoms with Crippen LogP contribution < -0.4 is 5.32 Å². The van der Waals surface area contributed by atoms with E-state index in [1.165, 1.54) is 0 Å². The Morgan fingerprint density at radius 1 is 1.39 bits per heavy atom. The molecule has 1 saturated heterocycles. The van der Waals surface area contributed by atoms with Crippen LogP contribution in [0.2, 0.25) is 5.15 Å². The van der Waals surface area contributed by atoms with Gasteiger partial charge in [-0.25, -0.2) is 4.98 Å². The van der Waals surface area contributed by atoms with Crippen molar-refractivity contribution >= 4 is 39.5 Å². The van der Waals surface area contributed by atoms with Crippen LogP contribution in [0.15, 0.2) is 31.0 Å². The Morgan fingerprint density at radius 2 is 2.13 bits per heavy atom. The molecule has 0 atom stereocenters. The minimum atomic E-state index is 0.149. The Kier molecular flexibility index (Phi) is 4.26. The maximum atomic E-state index is 11.2. The Morgan fingerprint density at radius 3 is 2.78 bits per heavy atom. The quantitative estimate of drug-likeness (QED) is 0.867. The fourth-order valence-corrected chi connectivity index (χ4v) is 3.11. The molecule has 1 amide bonds. The number of anilines is 1. The summed E-state index contributed by atoms with van der Waals surface area (Å²) < 4.78 is 0. The number of rotatable bonds is 4. The van der Waals surface area contributed by atoms with Crippen LogP contribution in [-0.2, 0) is 4.79 Å². The van der Waals surface area contributed by atoms with Crippen molar-refractivity contribution in [2.24, 2.45) is 5.92 Å². The third-order valence-electron chi connectivity index (χ3n) is 4.31. The Bertz CT molecular complexity index is 781. The lowest BCUT2D eigenvalue weighted by Crippen LogP contribution is -2.51. The molecule has 5 heteroatoms. The van der Waals surface area contributed by atoms with Crippen molar-refractivity contribution in [3.63, 3.8) is 0 Å². The molecule has 1 aliphatic heterocycles. The predicted octanol–water partition coefficient (Wildman–Crippen LogP) is 3.81. The lowest BCUT2D eigenvalue weighted by Gasteiger charge is -2.38. The summed E-state index contributed by atoms with van der Waals surface area (Å²) in [5, 5.41) is 6.06. The Balaban J connectivity index is 1.81. The highest BCUT2D eigenvalue weighted by atomic mass is 35.5. The molecule has 1 aromatic carbocycles. The van der Waals surface area contributed by atoms with Crippen LogP contribution in [-0.4, -0.2) is 35.4 Å². The second kappa shape index (κ2) is 6.20. The topological polar surface area (TPSA) is 45.2 Å². The SMILES string of the molecule is C=C(C)c1ccc(NCC2CN(C(C)=O)C2)c2cnc(Cl)cc12. The number of halogens is 1. The van der Waals surface area contributed by atoms with Gasteiger partial charge in [0.05, 0.1) is 0 Å². The van der Waals surface area contributed by atoms with Crippen LogP contribution in [0.3, 0.4) is 0 Å². The van der Waals surface area contributed by atoms with Gasteiger partial charge in [0.25, 0.3) is 0 Å². The molecule has 2 heterocycles. The minimum absolute atomic E-state index is 0.149. The number of likely N-dealkylation sites (tertiary alicyclic amines) is 1. The van der Waals surface area contributed by atoms with Gasteiger partial charge in [-0.05, 0) is 30.0 Å². The molecule has 4 nitrogen and oxygen atoms in total. The van der Waals surface area contributed by atoms with Gasteiger partial charge in [0.2, 0.25) is 5.91 Å². The fraction of sp³-hybridized carbons (Fsp3) is 0.333. The number of benzene rings is 1. The van der Waals surface area contributed by atoms with Gasteiger partial charge in [0.1, 0.15) is 5.15 Å². The first-order valence-corrected chi connectivity index (χ1v) is 8.07. The van der Waals surface area contributed by atoms with E-state index in [4.69, 9.17) is 11.6 Å². The normalized spacial score (nSPS) is 14.7. The van der Waals surface area contributed by atoms with Crippen molar-refractivity contribution < 1.29 is 4.79 Å². The van der Waals surface area contributed by atoms with Crippen LogP contribution in [0.25, 0.3) is 16.3 Å². The molecule has 120 valence electrons. The number of nitrogens with one attached hydrogen (secondary N) is 1. The molecule has 1 aliphatic rings. The summed E-state index contributed by atoms with van der Waals surface area (Å²) >= 11 is 6.05. The number of carbonyl (C=O) groups excluding carboxylic acids is 1. The molecule has 1 aromatic heterocycles. The zero-order valence-corrected chi connectivity index (χ0v) is 14.2. The van der Waals surface area contributed by atoms with E-state index in [9.17, 15) is 4.79 Å². The van der Waals surface area contributed by atoms with Crippen molar-refractivity contribution in [1.82, 2.24) is 9.88 Å². The number of amides is 1. The summed E-state index contributed by atoms with van der Waals surface area (Å²) in [5.74, 6) is 0.645. The van der Waals surface area contributed by atoms with Gasteiger partial charge in [-0.2, -0.15) is 0 Å². The summed E-state index contributed by atoms with van der Waals surface area (Å²) in [6.45, 7) is 10.1. The van der Waals surface area contributed by atoms with Gasteiger partial charge in [0, 0.05) is 49.7 Å². The number of hydrogen-bond acceptors (Lipinski definition) is 3. The molecule has 1 N–H and O–H groups in total. The third kappa shape index (κ3) is 3.17. The zero-order valence-electron chi connectivity index (χ0n) is 13.4. The van der Waals surface area contributed by atoms with E-state index in [0.29, 0.717) is 11.1 Å². The number of fused-ring (bicyclic) bond motifs is 1. The van der Waals surface area contributed by atoms with Gasteiger partial charge in [-0.1, -0.05) is 29.8 Å². The number of aromatic nitrogens is 1. The monoisotopic (exact) mass is 329 g/mol. The lowest BCUT2D eigenvalue weighted by molar-refractivity contribution is -0.134. The summed E-state index contributed by atoms with van der Waals surface area (Å²) in [5.41, 5.74) is 3.12. The van der Waals surface area contributed by atoms with E-state index < -0.39 is 0 Å². The molecule has 0 saturated carbocycles. The van der Waals surface area contributed by atoms with Crippen molar-refractivity contribution in [1.29, 1.82) is 0 Å². The van der Waals surface area contributed by atoms with Crippen LogP contribution in [0, 0.1) is 5.92 Å². The number of carbonyl (C=O) groups is 1. The zero-order chi connectivity index (χ0) is 16.6. The van der Waals surface area contributed by atoms with Gasteiger partial charge >= 0.3 is 0 Å². The molecule has 0 bridgehead atoms. The van der Waals surface area contributed by atoms with E-state index in [2.05, 4.69) is 29.0 Å². The first kappa shape index (κ1) is 15.8. The summed E-state index contributed by atoms with van der Waals surface area (Å²) in [6, 6.07) is 6.00. The third-order valence-corrected chi connectivity index (χ3v) is 4.52. The minimum Gasteiger partial charge on any atom is -0.384 e. The molecule has 3 rings (SSSR count). The first-order chi connectivity index (χ1) is 11.0. The van der Waals surface area contributed by atoms with Crippen molar-refractivity contribution in [2.75, 3.05) is 25.0 Å². The van der Waals surface area contributed by atoms with Crippen molar-refractivity contribution in [2.45, 2.75) is 13.8 Å². The highest BCUT2D eigenvalue weighted by Gasteiger charge is 2.28. The van der Waals surface area contributed by atoms with Crippen LogP contribution in [0.4, 0.5) is 5.69 Å².